The molecule has 0 atom stereocenters. The fraction of sp³-hybridized carbons (Fsp3) is 0.231. The van der Waals surface area contributed by atoms with Gasteiger partial charge < -0.3 is 5.73 Å². The van der Waals surface area contributed by atoms with Crippen LogP contribution >= 0.6 is 0 Å². The van der Waals surface area contributed by atoms with Crippen LogP contribution in [0.5, 0.6) is 0 Å². The first kappa shape index (κ1) is 14.6. The van der Waals surface area contributed by atoms with Gasteiger partial charge >= 0.3 is 0 Å². The van der Waals surface area contributed by atoms with Gasteiger partial charge in [0.15, 0.2) is 0 Å². The molecule has 0 aliphatic heterocycles. The summed E-state index contributed by atoms with van der Waals surface area (Å²) in [5.74, 6) is 0. The summed E-state index contributed by atoms with van der Waals surface area (Å²) < 4.78 is 26.2. The van der Waals surface area contributed by atoms with Crippen molar-refractivity contribution in [2.45, 2.75) is 11.4 Å². The molecule has 0 saturated heterocycles. The van der Waals surface area contributed by atoms with E-state index in [9.17, 15) is 8.42 Å². The van der Waals surface area contributed by atoms with Crippen LogP contribution in [0.2, 0.25) is 0 Å². The number of nitrogens with zero attached hydrogens (tertiary/aromatic N) is 1. The molecule has 0 heterocycles. The van der Waals surface area contributed by atoms with Crippen molar-refractivity contribution < 1.29 is 8.42 Å². The SMILES string of the molecule is C=CCN(CC=C)S(=O)(=O)c1ccccc1CN. The zero-order valence-electron chi connectivity index (χ0n) is 10.2. The first-order chi connectivity index (χ1) is 8.57. The predicted octanol–water partition coefficient (Wildman–Crippen LogP) is 1.51. The number of hydrogen-bond acceptors (Lipinski definition) is 3. The molecule has 1 aromatic carbocycles. The zero-order valence-corrected chi connectivity index (χ0v) is 11.1. The molecule has 4 nitrogen and oxygen atoms in total. The van der Waals surface area contributed by atoms with Gasteiger partial charge in [-0.3, -0.25) is 0 Å². The van der Waals surface area contributed by atoms with E-state index in [-0.39, 0.29) is 24.5 Å². The van der Waals surface area contributed by atoms with Crippen LogP contribution in [-0.2, 0) is 16.6 Å². The molecule has 1 aromatic rings. The molecule has 0 spiro atoms. The fourth-order valence-corrected chi connectivity index (χ4v) is 3.24. The Morgan fingerprint density at radius 1 is 1.17 bits per heavy atom. The van der Waals surface area contributed by atoms with E-state index in [1.165, 1.54) is 4.31 Å². The van der Waals surface area contributed by atoms with E-state index >= 15 is 0 Å². The summed E-state index contributed by atoms with van der Waals surface area (Å²) in [6.07, 6.45) is 3.10. The van der Waals surface area contributed by atoms with Gasteiger partial charge in [0, 0.05) is 19.6 Å². The highest BCUT2D eigenvalue weighted by Gasteiger charge is 2.24. The summed E-state index contributed by atoms with van der Waals surface area (Å²) >= 11 is 0. The molecule has 0 amide bonds. The molecule has 0 fully saturated rings. The zero-order chi connectivity index (χ0) is 13.6. The van der Waals surface area contributed by atoms with Crippen molar-refractivity contribution in [3.8, 4) is 0 Å². The quantitative estimate of drug-likeness (QED) is 0.761. The summed E-state index contributed by atoms with van der Waals surface area (Å²) in [7, 11) is -3.56. The molecular formula is C13H18N2O2S. The van der Waals surface area contributed by atoms with Gasteiger partial charge in [-0.05, 0) is 11.6 Å². The van der Waals surface area contributed by atoms with E-state index in [4.69, 9.17) is 5.73 Å². The van der Waals surface area contributed by atoms with Gasteiger partial charge in [0.25, 0.3) is 0 Å². The van der Waals surface area contributed by atoms with Crippen molar-refractivity contribution >= 4 is 10.0 Å². The Balaban J connectivity index is 3.25. The third kappa shape index (κ3) is 3.07. The van der Waals surface area contributed by atoms with E-state index in [0.717, 1.165) is 0 Å². The second kappa shape index (κ2) is 6.49. The fourth-order valence-electron chi connectivity index (χ4n) is 1.62. The van der Waals surface area contributed by atoms with E-state index in [2.05, 4.69) is 13.2 Å². The van der Waals surface area contributed by atoms with Crippen LogP contribution in [0.15, 0.2) is 54.5 Å². The Labute approximate surface area is 108 Å². The largest absolute Gasteiger partial charge is 0.326 e. The van der Waals surface area contributed by atoms with Crippen molar-refractivity contribution in [3.63, 3.8) is 0 Å². The molecule has 0 aliphatic carbocycles. The third-order valence-corrected chi connectivity index (χ3v) is 4.41. The molecule has 5 heteroatoms. The van der Waals surface area contributed by atoms with Gasteiger partial charge in [0.1, 0.15) is 0 Å². The highest BCUT2D eigenvalue weighted by atomic mass is 32.2. The minimum atomic E-state index is -3.56. The topological polar surface area (TPSA) is 63.4 Å². The van der Waals surface area contributed by atoms with Crippen molar-refractivity contribution in [2.75, 3.05) is 13.1 Å². The second-order valence-corrected chi connectivity index (χ2v) is 5.62. The first-order valence-corrected chi connectivity index (χ1v) is 7.01. The van der Waals surface area contributed by atoms with Crippen molar-refractivity contribution in [3.05, 3.63) is 55.1 Å². The maximum atomic E-state index is 12.5. The Kier molecular flexibility index (Phi) is 5.27. The molecule has 0 bridgehead atoms. The Morgan fingerprint density at radius 3 is 2.22 bits per heavy atom. The molecule has 0 aromatic heterocycles. The maximum absolute atomic E-state index is 12.5. The molecule has 0 aliphatic rings. The van der Waals surface area contributed by atoms with E-state index in [1.54, 1.807) is 36.4 Å². The molecule has 0 radical (unpaired) electrons. The molecule has 2 N–H and O–H groups in total. The number of rotatable bonds is 7. The molecular weight excluding hydrogens is 248 g/mol. The minimum absolute atomic E-state index is 0.186. The lowest BCUT2D eigenvalue weighted by atomic mass is 10.2. The monoisotopic (exact) mass is 266 g/mol. The van der Waals surface area contributed by atoms with Gasteiger partial charge in [-0.25, -0.2) is 8.42 Å². The summed E-state index contributed by atoms with van der Waals surface area (Å²) in [6.45, 7) is 7.81. The van der Waals surface area contributed by atoms with E-state index in [1.807, 2.05) is 0 Å². The average molecular weight is 266 g/mol. The molecule has 98 valence electrons. The summed E-state index contributed by atoms with van der Waals surface area (Å²) in [6, 6.07) is 6.74. The second-order valence-electron chi connectivity index (χ2n) is 3.71. The molecule has 0 saturated carbocycles. The standard InChI is InChI=1S/C13H18N2O2S/c1-3-9-15(10-4-2)18(16,17)13-8-6-5-7-12(13)11-14/h3-8H,1-2,9-11,14H2. The van der Waals surface area contributed by atoms with Crippen molar-refractivity contribution in [1.29, 1.82) is 0 Å². The normalized spacial score (nSPS) is 11.4. The van der Waals surface area contributed by atoms with Crippen LogP contribution < -0.4 is 5.73 Å². The number of benzene rings is 1. The average Bonchev–Trinajstić information content (AvgIpc) is 2.38. The Morgan fingerprint density at radius 2 is 1.72 bits per heavy atom. The van der Waals surface area contributed by atoms with Crippen LogP contribution in [0.3, 0.4) is 0 Å². The number of hydrogen-bond donors (Lipinski definition) is 1. The van der Waals surface area contributed by atoms with Crippen LogP contribution in [0.1, 0.15) is 5.56 Å². The molecule has 18 heavy (non-hydrogen) atoms. The van der Waals surface area contributed by atoms with Crippen LogP contribution in [-0.4, -0.2) is 25.8 Å². The third-order valence-electron chi connectivity index (χ3n) is 2.48. The van der Waals surface area contributed by atoms with Crippen LogP contribution in [0.4, 0.5) is 0 Å². The van der Waals surface area contributed by atoms with Gasteiger partial charge in [-0.1, -0.05) is 30.4 Å². The number of nitrogens with two attached hydrogens (primary N) is 1. The van der Waals surface area contributed by atoms with Crippen molar-refractivity contribution in [1.82, 2.24) is 4.31 Å². The van der Waals surface area contributed by atoms with Crippen LogP contribution in [0.25, 0.3) is 0 Å². The summed E-state index contributed by atoms with van der Waals surface area (Å²) in [4.78, 5) is 0.246. The molecule has 1 rings (SSSR count). The van der Waals surface area contributed by atoms with E-state index in [0.29, 0.717) is 5.56 Å². The van der Waals surface area contributed by atoms with E-state index < -0.39 is 10.0 Å². The summed E-state index contributed by atoms with van der Waals surface area (Å²) in [5, 5.41) is 0. The van der Waals surface area contributed by atoms with Crippen LogP contribution in [0, 0.1) is 0 Å². The highest BCUT2D eigenvalue weighted by Crippen LogP contribution is 2.19. The molecule has 0 unspecified atom stereocenters. The lowest BCUT2D eigenvalue weighted by molar-refractivity contribution is 0.473. The van der Waals surface area contributed by atoms with Gasteiger partial charge in [0.05, 0.1) is 4.90 Å². The van der Waals surface area contributed by atoms with Gasteiger partial charge in [-0.2, -0.15) is 4.31 Å². The highest BCUT2D eigenvalue weighted by molar-refractivity contribution is 7.89. The van der Waals surface area contributed by atoms with Gasteiger partial charge in [-0.15, -0.1) is 13.2 Å². The number of sulfonamides is 1. The maximum Gasteiger partial charge on any atom is 0.243 e. The Hall–Kier alpha value is -1.43. The van der Waals surface area contributed by atoms with Gasteiger partial charge in [0.2, 0.25) is 10.0 Å². The van der Waals surface area contributed by atoms with Crippen molar-refractivity contribution in [2.24, 2.45) is 5.73 Å². The Bertz CT molecular complexity index is 514. The summed E-state index contributed by atoms with van der Waals surface area (Å²) in [5.41, 5.74) is 6.18. The lowest BCUT2D eigenvalue weighted by Gasteiger charge is -2.20. The smallest absolute Gasteiger partial charge is 0.243 e. The first-order valence-electron chi connectivity index (χ1n) is 5.57. The lowest BCUT2D eigenvalue weighted by Crippen LogP contribution is -2.32. The predicted molar refractivity (Wildman–Crippen MR) is 73.5 cm³/mol. The minimum Gasteiger partial charge on any atom is -0.326 e.